The second-order valence-electron chi connectivity index (χ2n) is 4.30. The molecule has 0 aliphatic carbocycles. The van der Waals surface area contributed by atoms with Gasteiger partial charge in [-0.3, -0.25) is 4.79 Å². The van der Waals surface area contributed by atoms with Crippen molar-refractivity contribution in [2.24, 2.45) is 0 Å². The third kappa shape index (κ3) is 5.02. The first-order chi connectivity index (χ1) is 10.0. The Morgan fingerprint density at radius 2 is 1.90 bits per heavy atom. The summed E-state index contributed by atoms with van der Waals surface area (Å²) in [5, 5.41) is 2.75. The van der Waals surface area contributed by atoms with E-state index in [2.05, 4.69) is 5.32 Å². The van der Waals surface area contributed by atoms with Crippen molar-refractivity contribution in [2.45, 2.75) is 5.75 Å². The molecule has 0 aliphatic heterocycles. The highest BCUT2D eigenvalue weighted by Gasteiger charge is 2.07. The van der Waals surface area contributed by atoms with Crippen LogP contribution in [0.15, 0.2) is 42.5 Å². The molecule has 21 heavy (non-hydrogen) atoms. The van der Waals surface area contributed by atoms with Crippen molar-refractivity contribution < 1.29 is 13.6 Å². The molecule has 0 unspecified atom stereocenters. The predicted molar refractivity (Wildman–Crippen MR) is 82.6 cm³/mol. The summed E-state index contributed by atoms with van der Waals surface area (Å²) in [6, 6.07) is 10.00. The largest absolute Gasteiger partial charge is 0.324 e. The number of rotatable bonds is 5. The van der Waals surface area contributed by atoms with Crippen LogP contribution in [0.25, 0.3) is 0 Å². The van der Waals surface area contributed by atoms with E-state index >= 15 is 0 Å². The topological polar surface area (TPSA) is 29.1 Å². The van der Waals surface area contributed by atoms with E-state index in [1.807, 2.05) is 0 Å². The van der Waals surface area contributed by atoms with Gasteiger partial charge in [0.15, 0.2) is 0 Å². The molecule has 0 bridgehead atoms. The minimum absolute atomic E-state index is 0.151. The highest BCUT2D eigenvalue weighted by molar-refractivity contribution is 7.99. The lowest BCUT2D eigenvalue weighted by Gasteiger charge is -2.07. The fraction of sp³-hybridized carbons (Fsp3) is 0.133. The first-order valence-corrected chi connectivity index (χ1v) is 7.65. The molecule has 1 N–H and O–H groups in total. The van der Waals surface area contributed by atoms with E-state index in [9.17, 15) is 13.6 Å². The lowest BCUT2D eigenvalue weighted by Crippen LogP contribution is -2.14. The Labute approximate surface area is 130 Å². The van der Waals surface area contributed by atoms with Gasteiger partial charge in [-0.1, -0.05) is 23.7 Å². The smallest absolute Gasteiger partial charge is 0.234 e. The van der Waals surface area contributed by atoms with E-state index in [1.54, 1.807) is 12.1 Å². The summed E-state index contributed by atoms with van der Waals surface area (Å²) in [6.45, 7) is 0. The van der Waals surface area contributed by atoms with Gasteiger partial charge in [0.25, 0.3) is 0 Å². The second-order valence-corrected chi connectivity index (χ2v) is 5.69. The molecule has 0 aliphatic rings. The van der Waals surface area contributed by atoms with Gasteiger partial charge >= 0.3 is 0 Å². The molecule has 0 saturated heterocycles. The molecule has 2 aromatic rings. The van der Waals surface area contributed by atoms with Gasteiger partial charge in [0, 0.05) is 5.75 Å². The number of hydrogen-bond donors (Lipinski definition) is 1. The standard InChI is InChI=1S/C15H12ClF2NOS/c16-13-7-12(18)4-5-14(13)19-15(20)9-21-8-10-2-1-3-11(17)6-10/h1-7H,8-9H2,(H,19,20). The molecule has 0 radical (unpaired) electrons. The van der Waals surface area contributed by atoms with Crippen LogP contribution in [0.4, 0.5) is 14.5 Å². The SMILES string of the molecule is O=C(CSCc1cccc(F)c1)Nc1ccc(F)cc1Cl. The minimum atomic E-state index is -0.460. The maximum Gasteiger partial charge on any atom is 0.234 e. The molecule has 2 nitrogen and oxygen atoms in total. The molecule has 2 aromatic carbocycles. The highest BCUT2D eigenvalue weighted by atomic mass is 35.5. The molecule has 0 atom stereocenters. The van der Waals surface area contributed by atoms with E-state index in [0.29, 0.717) is 11.4 Å². The number of hydrogen-bond acceptors (Lipinski definition) is 2. The Bertz CT molecular complexity index is 651. The molecule has 0 heterocycles. The molecule has 0 saturated carbocycles. The number of carbonyl (C=O) groups is 1. The number of carbonyl (C=O) groups excluding carboxylic acids is 1. The molecule has 0 fully saturated rings. The maximum atomic E-state index is 13.0. The summed E-state index contributed by atoms with van der Waals surface area (Å²) in [5.74, 6) is -0.272. The van der Waals surface area contributed by atoms with Crippen LogP contribution in [0.5, 0.6) is 0 Å². The van der Waals surface area contributed by atoms with Crippen molar-refractivity contribution >= 4 is 35.0 Å². The van der Waals surface area contributed by atoms with Crippen LogP contribution in [-0.4, -0.2) is 11.7 Å². The monoisotopic (exact) mass is 327 g/mol. The number of halogens is 3. The lowest BCUT2D eigenvalue weighted by molar-refractivity contribution is -0.113. The van der Waals surface area contributed by atoms with Crippen LogP contribution in [0.1, 0.15) is 5.56 Å². The molecular formula is C15H12ClF2NOS. The summed E-state index contributed by atoms with van der Waals surface area (Å²) >= 11 is 7.17. The Balaban J connectivity index is 1.82. The maximum absolute atomic E-state index is 13.0. The lowest BCUT2D eigenvalue weighted by atomic mass is 10.2. The highest BCUT2D eigenvalue weighted by Crippen LogP contribution is 2.22. The average molecular weight is 328 g/mol. The number of benzene rings is 2. The van der Waals surface area contributed by atoms with Gasteiger partial charge in [-0.15, -0.1) is 11.8 Å². The van der Waals surface area contributed by atoms with Crippen molar-refractivity contribution in [2.75, 3.05) is 11.1 Å². The zero-order valence-corrected chi connectivity index (χ0v) is 12.5. The fourth-order valence-corrected chi connectivity index (χ4v) is 2.65. The van der Waals surface area contributed by atoms with Gasteiger partial charge in [-0.25, -0.2) is 8.78 Å². The normalized spacial score (nSPS) is 10.4. The Hall–Kier alpha value is -1.59. The second kappa shape index (κ2) is 7.43. The molecule has 0 aromatic heterocycles. The van der Waals surface area contributed by atoms with E-state index in [-0.39, 0.29) is 22.5 Å². The third-order valence-electron chi connectivity index (χ3n) is 2.60. The van der Waals surface area contributed by atoms with Crippen molar-refractivity contribution in [3.63, 3.8) is 0 Å². The van der Waals surface area contributed by atoms with E-state index in [4.69, 9.17) is 11.6 Å². The van der Waals surface area contributed by atoms with Crippen LogP contribution >= 0.6 is 23.4 Å². The van der Waals surface area contributed by atoms with Crippen molar-refractivity contribution in [3.8, 4) is 0 Å². The van der Waals surface area contributed by atoms with Crippen LogP contribution in [0.2, 0.25) is 5.02 Å². The van der Waals surface area contributed by atoms with E-state index in [0.717, 1.165) is 11.6 Å². The zero-order valence-electron chi connectivity index (χ0n) is 10.9. The number of anilines is 1. The summed E-state index contributed by atoms with van der Waals surface area (Å²) in [5.41, 5.74) is 1.18. The van der Waals surface area contributed by atoms with Gasteiger partial charge in [0.1, 0.15) is 11.6 Å². The third-order valence-corrected chi connectivity index (χ3v) is 3.91. The van der Waals surface area contributed by atoms with Gasteiger partial charge in [-0.2, -0.15) is 0 Å². The van der Waals surface area contributed by atoms with Crippen LogP contribution in [-0.2, 0) is 10.5 Å². The Kier molecular flexibility index (Phi) is 5.59. The van der Waals surface area contributed by atoms with E-state index < -0.39 is 5.82 Å². The summed E-state index contributed by atoms with van der Waals surface area (Å²) in [6.07, 6.45) is 0. The fourth-order valence-electron chi connectivity index (χ4n) is 1.67. The van der Waals surface area contributed by atoms with Crippen LogP contribution < -0.4 is 5.32 Å². The van der Waals surface area contributed by atoms with Crippen LogP contribution in [0, 0.1) is 11.6 Å². The summed E-state index contributed by atoms with van der Waals surface area (Å²) in [4.78, 5) is 11.7. The quantitative estimate of drug-likeness (QED) is 0.876. The van der Waals surface area contributed by atoms with Gasteiger partial charge in [-0.05, 0) is 35.9 Å². The predicted octanol–water partition coefficient (Wildman–Crippen LogP) is 4.49. The summed E-state index contributed by atoms with van der Waals surface area (Å²) in [7, 11) is 0. The molecular weight excluding hydrogens is 316 g/mol. The Morgan fingerprint density at radius 3 is 2.62 bits per heavy atom. The van der Waals surface area contributed by atoms with Gasteiger partial charge in [0.2, 0.25) is 5.91 Å². The zero-order chi connectivity index (χ0) is 15.2. The molecule has 0 spiro atoms. The van der Waals surface area contributed by atoms with Crippen molar-refractivity contribution in [3.05, 3.63) is 64.7 Å². The number of nitrogens with one attached hydrogen (secondary N) is 1. The molecule has 6 heteroatoms. The van der Waals surface area contributed by atoms with E-state index in [1.165, 1.54) is 36.0 Å². The van der Waals surface area contributed by atoms with Crippen molar-refractivity contribution in [1.82, 2.24) is 0 Å². The van der Waals surface area contributed by atoms with Crippen LogP contribution in [0.3, 0.4) is 0 Å². The molecule has 1 amide bonds. The number of thioether (sulfide) groups is 1. The molecule has 110 valence electrons. The molecule has 2 rings (SSSR count). The average Bonchev–Trinajstić information content (AvgIpc) is 2.42. The minimum Gasteiger partial charge on any atom is -0.324 e. The summed E-state index contributed by atoms with van der Waals surface area (Å²) < 4.78 is 25.9. The number of amides is 1. The van der Waals surface area contributed by atoms with Crippen molar-refractivity contribution in [1.29, 1.82) is 0 Å². The Morgan fingerprint density at radius 1 is 1.14 bits per heavy atom. The van der Waals surface area contributed by atoms with Gasteiger partial charge in [0.05, 0.1) is 16.5 Å². The van der Waals surface area contributed by atoms with Gasteiger partial charge < -0.3 is 5.32 Å². The first-order valence-electron chi connectivity index (χ1n) is 6.11. The first kappa shape index (κ1) is 15.8.